The lowest BCUT2D eigenvalue weighted by molar-refractivity contribution is -0.133. The van der Waals surface area contributed by atoms with Crippen molar-refractivity contribution < 1.29 is 23.2 Å². The van der Waals surface area contributed by atoms with Crippen molar-refractivity contribution >= 4 is 17.8 Å². The van der Waals surface area contributed by atoms with E-state index in [0.29, 0.717) is 26.2 Å². The van der Waals surface area contributed by atoms with E-state index in [4.69, 9.17) is 0 Å². The zero-order valence-corrected chi connectivity index (χ0v) is 17.4. The number of carbonyl (C=O) groups excluding carboxylic acids is 3. The van der Waals surface area contributed by atoms with Crippen molar-refractivity contribution in [2.75, 3.05) is 26.2 Å². The van der Waals surface area contributed by atoms with Crippen LogP contribution in [0.5, 0.6) is 0 Å². The Morgan fingerprint density at radius 2 is 1.44 bits per heavy atom. The van der Waals surface area contributed by atoms with Crippen LogP contribution in [0.4, 0.5) is 13.6 Å². The summed E-state index contributed by atoms with van der Waals surface area (Å²) >= 11 is 0. The van der Waals surface area contributed by atoms with Crippen LogP contribution in [0.15, 0.2) is 48.5 Å². The van der Waals surface area contributed by atoms with Crippen molar-refractivity contribution in [1.29, 1.82) is 0 Å². The molecule has 0 unspecified atom stereocenters. The highest BCUT2D eigenvalue weighted by atomic mass is 19.1. The molecule has 0 radical (unpaired) electrons. The predicted molar refractivity (Wildman–Crippen MR) is 112 cm³/mol. The van der Waals surface area contributed by atoms with E-state index in [1.165, 1.54) is 24.3 Å². The van der Waals surface area contributed by atoms with E-state index in [1.807, 2.05) is 0 Å². The number of urea groups is 1. The fourth-order valence-electron chi connectivity index (χ4n) is 4.22. The molecule has 2 saturated heterocycles. The number of carbonyl (C=O) groups is 3. The molecule has 7 nitrogen and oxygen atoms in total. The second-order valence-electron chi connectivity index (χ2n) is 7.98. The number of piperazine rings is 1. The minimum absolute atomic E-state index is 0.0706. The zero-order valence-electron chi connectivity index (χ0n) is 17.4. The molecule has 2 N–H and O–H groups in total. The topological polar surface area (TPSA) is 81.8 Å². The van der Waals surface area contributed by atoms with Crippen LogP contribution in [-0.2, 0) is 9.59 Å². The number of hydrogen-bond acceptors (Lipinski definition) is 4. The van der Waals surface area contributed by atoms with E-state index in [-0.39, 0.29) is 36.4 Å². The third kappa shape index (κ3) is 4.94. The SMILES string of the molecule is O=C1NC(=O)[C@@H](CCC(=O)N2CCN(C(c3ccc(F)cc3)c3ccc(F)cc3)CC2)N1. The van der Waals surface area contributed by atoms with Gasteiger partial charge in [-0.2, -0.15) is 0 Å². The standard InChI is InChI=1S/C23H24F2N4O3/c24-17-5-1-15(2-6-17)21(16-3-7-18(25)8-4-16)29-13-11-28(12-14-29)20(30)10-9-19-22(31)27-23(32)26-19/h1-8,19,21H,9-14H2,(H2,26,27,31,32)/t19-/m1/s1. The summed E-state index contributed by atoms with van der Waals surface area (Å²) in [5.74, 6) is -1.13. The molecule has 2 aliphatic rings. The molecular weight excluding hydrogens is 418 g/mol. The molecule has 168 valence electrons. The molecule has 2 aromatic carbocycles. The summed E-state index contributed by atoms with van der Waals surface area (Å²) in [4.78, 5) is 39.4. The van der Waals surface area contributed by atoms with Crippen LogP contribution in [0.3, 0.4) is 0 Å². The fourth-order valence-corrected chi connectivity index (χ4v) is 4.22. The summed E-state index contributed by atoms with van der Waals surface area (Å²) in [6, 6.07) is 11.1. The predicted octanol–water partition coefficient (Wildman–Crippen LogP) is 2.19. The van der Waals surface area contributed by atoms with E-state index in [9.17, 15) is 23.2 Å². The molecule has 0 saturated carbocycles. The van der Waals surface area contributed by atoms with Crippen LogP contribution < -0.4 is 10.6 Å². The highest BCUT2D eigenvalue weighted by Gasteiger charge is 2.32. The van der Waals surface area contributed by atoms with Crippen LogP contribution in [0, 0.1) is 11.6 Å². The highest BCUT2D eigenvalue weighted by molar-refractivity contribution is 6.04. The molecule has 1 atom stereocenters. The molecule has 9 heteroatoms. The average Bonchev–Trinajstić information content (AvgIpc) is 3.12. The second-order valence-corrected chi connectivity index (χ2v) is 7.98. The van der Waals surface area contributed by atoms with Gasteiger partial charge in [0.15, 0.2) is 0 Å². The van der Waals surface area contributed by atoms with Gasteiger partial charge in [0.05, 0.1) is 6.04 Å². The van der Waals surface area contributed by atoms with Gasteiger partial charge >= 0.3 is 6.03 Å². The van der Waals surface area contributed by atoms with Gasteiger partial charge in [0, 0.05) is 32.6 Å². The molecule has 32 heavy (non-hydrogen) atoms. The van der Waals surface area contributed by atoms with Gasteiger partial charge in [0.2, 0.25) is 5.91 Å². The van der Waals surface area contributed by atoms with Gasteiger partial charge in [-0.05, 0) is 41.8 Å². The molecule has 0 aromatic heterocycles. The van der Waals surface area contributed by atoms with Crippen molar-refractivity contribution in [2.45, 2.75) is 24.9 Å². The first-order valence-electron chi connectivity index (χ1n) is 10.5. The normalized spacial score (nSPS) is 19.2. The number of amides is 4. The smallest absolute Gasteiger partial charge is 0.322 e. The number of nitrogens with one attached hydrogen (secondary N) is 2. The van der Waals surface area contributed by atoms with Crippen LogP contribution >= 0.6 is 0 Å². The largest absolute Gasteiger partial charge is 0.340 e. The Morgan fingerprint density at radius 1 is 0.906 bits per heavy atom. The monoisotopic (exact) mass is 442 g/mol. The molecule has 0 aliphatic carbocycles. The third-order valence-corrected chi connectivity index (χ3v) is 5.91. The Kier molecular flexibility index (Phi) is 6.45. The molecule has 2 heterocycles. The van der Waals surface area contributed by atoms with E-state index >= 15 is 0 Å². The minimum atomic E-state index is -0.672. The van der Waals surface area contributed by atoms with Crippen LogP contribution in [-0.4, -0.2) is 59.9 Å². The Labute approximate surface area is 184 Å². The second kappa shape index (κ2) is 9.44. The van der Waals surface area contributed by atoms with Crippen LogP contribution in [0.1, 0.15) is 30.0 Å². The van der Waals surface area contributed by atoms with Crippen molar-refractivity contribution in [2.24, 2.45) is 0 Å². The molecule has 0 bridgehead atoms. The summed E-state index contributed by atoms with van der Waals surface area (Å²) in [6.45, 7) is 2.18. The Balaban J connectivity index is 1.40. The van der Waals surface area contributed by atoms with Crippen molar-refractivity contribution in [3.63, 3.8) is 0 Å². The molecule has 4 amide bonds. The molecule has 2 fully saturated rings. The molecule has 0 spiro atoms. The quantitative estimate of drug-likeness (QED) is 0.672. The number of hydrogen-bond donors (Lipinski definition) is 2. The first-order valence-corrected chi connectivity index (χ1v) is 10.5. The number of halogens is 2. The minimum Gasteiger partial charge on any atom is -0.340 e. The van der Waals surface area contributed by atoms with Crippen molar-refractivity contribution in [3.8, 4) is 0 Å². The maximum Gasteiger partial charge on any atom is 0.322 e. The zero-order chi connectivity index (χ0) is 22.7. The highest BCUT2D eigenvalue weighted by Crippen LogP contribution is 2.30. The number of rotatable bonds is 6. The summed E-state index contributed by atoms with van der Waals surface area (Å²) in [5, 5.41) is 4.66. The van der Waals surface area contributed by atoms with Gasteiger partial charge in [-0.25, -0.2) is 13.6 Å². The summed E-state index contributed by atoms with van der Waals surface area (Å²) in [6.07, 6.45) is 0.419. The number of imide groups is 1. The Bertz CT molecular complexity index is 944. The van der Waals surface area contributed by atoms with Gasteiger partial charge in [0.1, 0.15) is 17.7 Å². The first-order chi connectivity index (χ1) is 15.4. The number of nitrogens with zero attached hydrogens (tertiary/aromatic N) is 2. The maximum absolute atomic E-state index is 13.5. The molecule has 2 aliphatic heterocycles. The molecular formula is C23H24F2N4O3. The van der Waals surface area contributed by atoms with Gasteiger partial charge in [-0.3, -0.25) is 19.8 Å². The van der Waals surface area contributed by atoms with Gasteiger partial charge in [-0.1, -0.05) is 24.3 Å². The fraction of sp³-hybridized carbons (Fsp3) is 0.348. The molecule has 4 rings (SSSR count). The van der Waals surface area contributed by atoms with Crippen molar-refractivity contribution in [3.05, 3.63) is 71.3 Å². The maximum atomic E-state index is 13.5. The summed E-state index contributed by atoms with van der Waals surface area (Å²) < 4.78 is 26.9. The molecule has 2 aromatic rings. The van der Waals surface area contributed by atoms with E-state index in [1.54, 1.807) is 29.2 Å². The van der Waals surface area contributed by atoms with E-state index in [0.717, 1.165) is 11.1 Å². The average molecular weight is 442 g/mol. The number of benzene rings is 2. The Morgan fingerprint density at radius 3 is 1.91 bits per heavy atom. The lowest BCUT2D eigenvalue weighted by Crippen LogP contribution is -2.50. The lowest BCUT2D eigenvalue weighted by Gasteiger charge is -2.40. The lowest BCUT2D eigenvalue weighted by atomic mass is 9.96. The Hall–Kier alpha value is -3.33. The van der Waals surface area contributed by atoms with Gasteiger partial charge in [0.25, 0.3) is 5.91 Å². The van der Waals surface area contributed by atoms with Crippen LogP contribution in [0.2, 0.25) is 0 Å². The van der Waals surface area contributed by atoms with Gasteiger partial charge < -0.3 is 10.2 Å². The van der Waals surface area contributed by atoms with E-state index in [2.05, 4.69) is 15.5 Å². The van der Waals surface area contributed by atoms with Gasteiger partial charge in [-0.15, -0.1) is 0 Å². The van der Waals surface area contributed by atoms with Crippen molar-refractivity contribution in [1.82, 2.24) is 20.4 Å². The summed E-state index contributed by atoms with van der Waals surface area (Å²) in [7, 11) is 0. The first kappa shape index (κ1) is 21.9. The van der Waals surface area contributed by atoms with E-state index < -0.39 is 18.0 Å². The third-order valence-electron chi connectivity index (χ3n) is 5.91. The summed E-state index contributed by atoms with van der Waals surface area (Å²) in [5.41, 5.74) is 1.78. The van der Waals surface area contributed by atoms with Crippen LogP contribution in [0.25, 0.3) is 0 Å².